The van der Waals surface area contributed by atoms with E-state index < -0.39 is 18.5 Å². The van der Waals surface area contributed by atoms with Gasteiger partial charge < -0.3 is 14.7 Å². The lowest BCUT2D eigenvalue weighted by molar-refractivity contribution is -0.153. The Bertz CT molecular complexity index is 2180. The van der Waals surface area contributed by atoms with Crippen LogP contribution in [-0.2, 0) is 25.7 Å². The Hall–Kier alpha value is -5.30. The van der Waals surface area contributed by atoms with Gasteiger partial charge in [-0.2, -0.15) is 0 Å². The van der Waals surface area contributed by atoms with E-state index in [-0.39, 0.29) is 42.2 Å². The smallest absolute Gasteiger partial charge is 0.323 e. The maximum Gasteiger partial charge on any atom is 0.323 e. The summed E-state index contributed by atoms with van der Waals surface area (Å²) < 4.78 is 5.99. The Balaban J connectivity index is 0.864. The van der Waals surface area contributed by atoms with Gasteiger partial charge in [0.1, 0.15) is 12.6 Å². The molecule has 1 N–H and O–H groups in total. The molecule has 1 amide bonds. The minimum absolute atomic E-state index is 0.0405. The van der Waals surface area contributed by atoms with Crippen LogP contribution in [0.2, 0.25) is 0 Å². The second-order valence-electron chi connectivity index (χ2n) is 16.1. The van der Waals surface area contributed by atoms with Crippen molar-refractivity contribution in [3.05, 3.63) is 132 Å². The summed E-state index contributed by atoms with van der Waals surface area (Å²) in [6.45, 7) is 4.54. The second kappa shape index (κ2) is 14.5. The molecule has 4 aliphatic rings. The summed E-state index contributed by atoms with van der Waals surface area (Å²) in [7, 11) is 0. The number of rotatable bonds is 10. The normalized spacial score (nSPS) is 25.7. The molecule has 4 unspecified atom stereocenters. The van der Waals surface area contributed by atoms with Gasteiger partial charge >= 0.3 is 11.9 Å². The number of hydrogen-bond donors (Lipinski definition) is 1. The first-order chi connectivity index (χ1) is 26.1. The Morgan fingerprint density at radius 2 is 1.70 bits per heavy atom. The van der Waals surface area contributed by atoms with Crippen LogP contribution in [0.1, 0.15) is 76.3 Å². The Morgan fingerprint density at radius 1 is 0.889 bits per heavy atom. The lowest BCUT2D eigenvalue weighted by Crippen LogP contribution is -2.47. The van der Waals surface area contributed by atoms with Crippen LogP contribution in [0.4, 0.5) is 0 Å². The van der Waals surface area contributed by atoms with Gasteiger partial charge in [0.25, 0.3) is 0 Å². The number of allylic oxidation sites excluding steroid dienone is 5. The van der Waals surface area contributed by atoms with Gasteiger partial charge in [0.2, 0.25) is 5.91 Å². The van der Waals surface area contributed by atoms with Crippen molar-refractivity contribution < 1.29 is 24.2 Å². The van der Waals surface area contributed by atoms with Gasteiger partial charge in [-0.15, -0.1) is 0 Å². The molecule has 5 atom stereocenters. The van der Waals surface area contributed by atoms with E-state index in [9.17, 15) is 19.5 Å². The molecule has 1 heterocycles. The number of carbonyl (C=O) groups is 3. The van der Waals surface area contributed by atoms with E-state index in [2.05, 4.69) is 67.4 Å². The molecule has 3 aromatic carbocycles. The molecule has 7 nitrogen and oxygen atoms in total. The first-order valence-electron chi connectivity index (χ1n) is 19.4. The molecule has 8 rings (SSSR count). The highest BCUT2D eigenvalue weighted by Gasteiger charge is 2.54. The molecule has 1 aromatic heterocycles. The highest BCUT2D eigenvalue weighted by Crippen LogP contribution is 2.64. The van der Waals surface area contributed by atoms with Crippen LogP contribution in [0, 0.1) is 22.7 Å². The van der Waals surface area contributed by atoms with E-state index in [0.29, 0.717) is 11.8 Å². The van der Waals surface area contributed by atoms with Crippen LogP contribution < -0.4 is 0 Å². The van der Waals surface area contributed by atoms with E-state index >= 15 is 0 Å². The van der Waals surface area contributed by atoms with Crippen LogP contribution in [0.3, 0.4) is 0 Å². The van der Waals surface area contributed by atoms with Crippen molar-refractivity contribution in [2.45, 2.75) is 77.9 Å². The van der Waals surface area contributed by atoms with Crippen molar-refractivity contribution in [1.82, 2.24) is 9.88 Å². The van der Waals surface area contributed by atoms with Gasteiger partial charge in [-0.1, -0.05) is 116 Å². The molecular weight excluding hydrogens is 673 g/mol. The van der Waals surface area contributed by atoms with Crippen LogP contribution in [0.15, 0.2) is 121 Å². The summed E-state index contributed by atoms with van der Waals surface area (Å²) in [5.74, 6) is -0.814. The van der Waals surface area contributed by atoms with Gasteiger partial charge in [-0.25, -0.2) is 0 Å². The number of benzene rings is 3. The van der Waals surface area contributed by atoms with Gasteiger partial charge in [-0.3, -0.25) is 19.4 Å². The summed E-state index contributed by atoms with van der Waals surface area (Å²) in [6.07, 6.45) is 16.3. The summed E-state index contributed by atoms with van der Waals surface area (Å²) in [4.78, 5) is 43.9. The van der Waals surface area contributed by atoms with Crippen molar-refractivity contribution in [1.29, 1.82) is 0 Å². The lowest BCUT2D eigenvalue weighted by Gasteiger charge is -2.56. The number of amides is 1. The summed E-state index contributed by atoms with van der Waals surface area (Å²) in [5.41, 5.74) is 8.65. The van der Waals surface area contributed by atoms with Gasteiger partial charge in [0.15, 0.2) is 0 Å². The molecule has 2 saturated carbocycles. The number of carbonyl (C=O) groups excluding carboxylic acids is 2. The SMILES string of the molecule is CC12CC[C@H]3C(CC=C4CC(OC(=O)CCC(=O)N(CC(=O)O)Cc5ccc(-c6cccc7ccccc67)cc5)CCC43C)C1=CC=C2c1cccnc1. The van der Waals surface area contributed by atoms with Crippen molar-refractivity contribution in [2.24, 2.45) is 22.7 Å². The number of aromatic nitrogens is 1. The molecule has 276 valence electrons. The van der Waals surface area contributed by atoms with E-state index in [1.165, 1.54) is 21.6 Å². The molecule has 54 heavy (non-hydrogen) atoms. The van der Waals surface area contributed by atoms with E-state index in [0.717, 1.165) is 66.0 Å². The van der Waals surface area contributed by atoms with Crippen molar-refractivity contribution in [3.63, 3.8) is 0 Å². The number of ether oxygens (including phenoxy) is 1. The van der Waals surface area contributed by atoms with Gasteiger partial charge in [0, 0.05) is 37.2 Å². The van der Waals surface area contributed by atoms with Crippen molar-refractivity contribution >= 4 is 34.2 Å². The Kier molecular flexibility index (Phi) is 9.59. The first-order valence-corrected chi connectivity index (χ1v) is 19.4. The standard InChI is InChI=1S/C47H48N2O5/c1-46-24-22-36(27-35(46)16-17-39-41-19-18-40(34-9-6-26-48-28-34)47(41,2)25-23-42(39)46)54-45(53)21-20-43(50)49(30-44(51)52)29-31-12-14-33(15-13-31)38-11-5-8-32-7-3-4-10-37(32)38/h3-16,18-19,26,28,36,39,42H,17,20-25,27,29-30H2,1-2H3,(H,51,52)/t36?,39?,42-,46?,47?/m0/s1. The Labute approximate surface area is 317 Å². The fraction of sp³-hybridized carbons (Fsp3) is 0.362. The van der Waals surface area contributed by atoms with Crippen LogP contribution in [0.5, 0.6) is 0 Å². The third kappa shape index (κ3) is 6.69. The van der Waals surface area contributed by atoms with Crippen LogP contribution >= 0.6 is 0 Å². The average Bonchev–Trinajstić information content (AvgIpc) is 3.54. The number of nitrogens with zero attached hydrogens (tertiary/aromatic N) is 2. The zero-order valence-electron chi connectivity index (χ0n) is 31.2. The van der Waals surface area contributed by atoms with Crippen LogP contribution in [-0.4, -0.2) is 45.5 Å². The second-order valence-corrected chi connectivity index (χ2v) is 16.1. The molecule has 0 radical (unpaired) electrons. The lowest BCUT2D eigenvalue weighted by atomic mass is 9.49. The summed E-state index contributed by atoms with van der Waals surface area (Å²) >= 11 is 0. The zero-order valence-corrected chi connectivity index (χ0v) is 31.2. The van der Waals surface area contributed by atoms with E-state index in [1.807, 2.05) is 60.9 Å². The number of aliphatic carboxylic acids is 1. The highest BCUT2D eigenvalue weighted by atomic mass is 16.5. The van der Waals surface area contributed by atoms with Gasteiger partial charge in [0.05, 0.1) is 6.42 Å². The molecule has 0 bridgehead atoms. The minimum Gasteiger partial charge on any atom is -0.480 e. The zero-order chi connectivity index (χ0) is 37.5. The molecule has 4 aromatic rings. The number of hydrogen-bond acceptors (Lipinski definition) is 5. The number of esters is 1. The molecule has 4 aliphatic carbocycles. The quantitative estimate of drug-likeness (QED) is 0.130. The number of carboxylic acid groups (broad SMARTS) is 1. The largest absolute Gasteiger partial charge is 0.480 e. The van der Waals surface area contributed by atoms with Crippen LogP contribution in [0.25, 0.3) is 27.5 Å². The predicted molar refractivity (Wildman–Crippen MR) is 211 cm³/mol. The predicted octanol–water partition coefficient (Wildman–Crippen LogP) is 9.58. The third-order valence-corrected chi connectivity index (χ3v) is 13.0. The Morgan fingerprint density at radius 3 is 2.50 bits per heavy atom. The topological polar surface area (TPSA) is 96.8 Å². The molecule has 7 heteroatoms. The average molecular weight is 721 g/mol. The molecule has 2 fully saturated rings. The third-order valence-electron chi connectivity index (χ3n) is 13.0. The molecule has 0 saturated heterocycles. The molecule has 0 aliphatic heterocycles. The molecule has 0 spiro atoms. The van der Waals surface area contributed by atoms with Crippen molar-refractivity contribution in [3.8, 4) is 11.1 Å². The highest BCUT2D eigenvalue weighted by molar-refractivity contribution is 5.96. The fourth-order valence-electron chi connectivity index (χ4n) is 10.2. The molecular formula is C47H48N2O5. The minimum atomic E-state index is -1.09. The maximum atomic E-state index is 13.3. The number of carboxylic acids is 1. The maximum absolute atomic E-state index is 13.3. The van der Waals surface area contributed by atoms with Gasteiger partial charge in [-0.05, 0) is 94.0 Å². The van der Waals surface area contributed by atoms with Crippen molar-refractivity contribution in [2.75, 3.05) is 6.54 Å². The first kappa shape index (κ1) is 35.7. The summed E-state index contributed by atoms with van der Waals surface area (Å²) in [5, 5.41) is 11.9. The summed E-state index contributed by atoms with van der Waals surface area (Å²) in [6, 6.07) is 26.5. The van der Waals surface area contributed by atoms with E-state index in [1.54, 1.807) is 5.57 Å². The fourth-order valence-corrected chi connectivity index (χ4v) is 10.2. The van der Waals surface area contributed by atoms with E-state index in [4.69, 9.17) is 4.74 Å². The monoisotopic (exact) mass is 720 g/mol. The number of fused-ring (bicyclic) bond motifs is 6. The number of pyridine rings is 1.